The molecule has 1 amide bonds. The van der Waals surface area contributed by atoms with Crippen molar-refractivity contribution in [2.24, 2.45) is 16.9 Å². The first kappa shape index (κ1) is 19.2. The van der Waals surface area contributed by atoms with Gasteiger partial charge in [-0.05, 0) is 31.4 Å². The number of amides is 1. The fraction of sp³-hybridized carbons (Fsp3) is 0.550. The zero-order valence-corrected chi connectivity index (χ0v) is 15.2. The number of carbonyl (C=O) groups excluding carboxylic acids is 2. The van der Waals surface area contributed by atoms with Gasteiger partial charge in [0.05, 0.1) is 13.0 Å². The number of carbonyl (C=O) groups is 2. The van der Waals surface area contributed by atoms with Crippen molar-refractivity contribution in [3.8, 4) is 0 Å². The Bertz CT molecular complexity index is 598. The van der Waals surface area contributed by atoms with Gasteiger partial charge in [0.2, 0.25) is 0 Å². The van der Waals surface area contributed by atoms with Gasteiger partial charge in [0, 0.05) is 17.2 Å². The van der Waals surface area contributed by atoms with E-state index in [-0.39, 0.29) is 23.7 Å². The third-order valence-corrected chi connectivity index (χ3v) is 4.83. The lowest BCUT2D eigenvalue weighted by Crippen LogP contribution is -2.26. The molecule has 1 aliphatic carbocycles. The van der Waals surface area contributed by atoms with Gasteiger partial charge >= 0.3 is 5.97 Å². The molecule has 0 heterocycles. The highest BCUT2D eigenvalue weighted by Gasteiger charge is 2.38. The molecule has 5 heteroatoms. The van der Waals surface area contributed by atoms with Crippen LogP contribution in [-0.4, -0.2) is 24.7 Å². The number of nitrogens with zero attached hydrogens (tertiary/aromatic N) is 1. The molecular weight excluding hydrogens is 316 g/mol. The van der Waals surface area contributed by atoms with E-state index in [1.54, 1.807) is 12.1 Å². The first-order valence-electron chi connectivity index (χ1n) is 9.17. The maximum atomic E-state index is 12.2. The van der Waals surface area contributed by atoms with Crippen LogP contribution in [0.15, 0.2) is 35.4 Å². The Hall–Kier alpha value is -2.17. The molecule has 136 valence electrons. The lowest BCUT2D eigenvalue weighted by atomic mass is 9.89. The van der Waals surface area contributed by atoms with Crippen LogP contribution in [0.25, 0.3) is 0 Å². The summed E-state index contributed by atoms with van der Waals surface area (Å²) in [6.07, 6.45) is 6.99. The zero-order chi connectivity index (χ0) is 18.1. The van der Waals surface area contributed by atoms with Crippen LogP contribution in [-0.2, 0) is 9.53 Å². The molecule has 1 saturated carbocycles. The molecule has 0 spiro atoms. The number of unbranched alkanes of at least 4 members (excludes halogenated alkanes) is 3. The molecule has 2 rings (SSSR count). The molecule has 0 unspecified atom stereocenters. The number of rotatable bonds is 8. The van der Waals surface area contributed by atoms with Crippen LogP contribution in [0.2, 0.25) is 0 Å². The molecule has 0 radical (unpaired) electrons. The molecule has 0 aliphatic heterocycles. The molecule has 0 saturated heterocycles. The van der Waals surface area contributed by atoms with E-state index in [0.717, 1.165) is 37.8 Å². The SMILES string of the molecule is CCCCCC[C@H]1/C(=N\NC(=O)c2ccccc2)CC[C@@H]1C(=O)OC. The van der Waals surface area contributed by atoms with Gasteiger partial charge in [-0.1, -0.05) is 50.8 Å². The Morgan fingerprint density at radius 2 is 1.96 bits per heavy atom. The lowest BCUT2D eigenvalue weighted by molar-refractivity contribution is -0.146. The van der Waals surface area contributed by atoms with Crippen molar-refractivity contribution >= 4 is 17.6 Å². The van der Waals surface area contributed by atoms with Crippen molar-refractivity contribution in [2.75, 3.05) is 7.11 Å². The fourth-order valence-electron chi connectivity index (χ4n) is 3.43. The Morgan fingerprint density at radius 3 is 2.64 bits per heavy atom. The molecule has 2 atom stereocenters. The highest BCUT2D eigenvalue weighted by atomic mass is 16.5. The molecule has 5 nitrogen and oxygen atoms in total. The van der Waals surface area contributed by atoms with E-state index in [4.69, 9.17) is 4.74 Å². The van der Waals surface area contributed by atoms with Crippen LogP contribution in [0.4, 0.5) is 0 Å². The molecule has 1 aromatic carbocycles. The minimum Gasteiger partial charge on any atom is -0.469 e. The Labute approximate surface area is 149 Å². The predicted octanol–water partition coefficient (Wildman–Crippen LogP) is 3.94. The van der Waals surface area contributed by atoms with Crippen LogP contribution >= 0.6 is 0 Å². The summed E-state index contributed by atoms with van der Waals surface area (Å²) >= 11 is 0. The normalized spacial score (nSPS) is 21.3. The smallest absolute Gasteiger partial charge is 0.309 e. The zero-order valence-electron chi connectivity index (χ0n) is 15.2. The van der Waals surface area contributed by atoms with E-state index < -0.39 is 0 Å². The Balaban J connectivity index is 2.02. The summed E-state index contributed by atoms with van der Waals surface area (Å²) in [4.78, 5) is 24.2. The Kier molecular flexibility index (Phi) is 7.64. The third-order valence-electron chi connectivity index (χ3n) is 4.83. The maximum Gasteiger partial charge on any atom is 0.309 e. The maximum absolute atomic E-state index is 12.2. The van der Waals surface area contributed by atoms with Gasteiger partial charge in [0.15, 0.2) is 0 Å². The molecule has 1 aromatic rings. The van der Waals surface area contributed by atoms with E-state index in [1.807, 2.05) is 18.2 Å². The van der Waals surface area contributed by atoms with Crippen molar-refractivity contribution in [2.45, 2.75) is 51.9 Å². The van der Waals surface area contributed by atoms with Crippen LogP contribution in [0.5, 0.6) is 0 Å². The minimum atomic E-state index is -0.223. The Morgan fingerprint density at radius 1 is 1.20 bits per heavy atom. The van der Waals surface area contributed by atoms with Crippen LogP contribution in [0, 0.1) is 11.8 Å². The van der Waals surface area contributed by atoms with E-state index in [1.165, 1.54) is 20.0 Å². The predicted molar refractivity (Wildman–Crippen MR) is 98.3 cm³/mol. The number of ether oxygens (including phenoxy) is 1. The molecule has 1 fully saturated rings. The van der Waals surface area contributed by atoms with Gasteiger partial charge in [0.1, 0.15) is 0 Å². The second-order valence-electron chi connectivity index (χ2n) is 6.53. The average Bonchev–Trinajstić information content (AvgIpc) is 3.06. The average molecular weight is 344 g/mol. The standard InChI is InChI=1S/C20H28N2O3/c1-3-4-5-9-12-16-17(20(24)25-2)13-14-18(16)21-22-19(23)15-10-7-6-8-11-15/h6-8,10-11,16-17H,3-5,9,12-14H2,1-2H3,(H,22,23)/b21-18-/t16-,17+/m1/s1. The monoisotopic (exact) mass is 344 g/mol. The van der Waals surface area contributed by atoms with E-state index in [9.17, 15) is 9.59 Å². The molecule has 1 aliphatic rings. The highest BCUT2D eigenvalue weighted by molar-refractivity contribution is 5.97. The highest BCUT2D eigenvalue weighted by Crippen LogP contribution is 2.34. The summed E-state index contributed by atoms with van der Waals surface area (Å²) in [5.74, 6) is -0.459. The molecular formula is C20H28N2O3. The number of hydrogen-bond acceptors (Lipinski definition) is 4. The van der Waals surface area contributed by atoms with Gasteiger partial charge < -0.3 is 4.74 Å². The summed E-state index contributed by atoms with van der Waals surface area (Å²) in [5.41, 5.74) is 4.14. The summed E-state index contributed by atoms with van der Waals surface area (Å²) in [6, 6.07) is 9.02. The fourth-order valence-corrected chi connectivity index (χ4v) is 3.43. The number of benzene rings is 1. The number of hydrogen-bond donors (Lipinski definition) is 1. The summed E-state index contributed by atoms with van der Waals surface area (Å²) in [5, 5.41) is 4.36. The molecule has 25 heavy (non-hydrogen) atoms. The van der Waals surface area contributed by atoms with Gasteiger partial charge in [-0.25, -0.2) is 5.43 Å². The van der Waals surface area contributed by atoms with Gasteiger partial charge in [-0.2, -0.15) is 5.10 Å². The second-order valence-corrected chi connectivity index (χ2v) is 6.53. The van der Waals surface area contributed by atoms with E-state index >= 15 is 0 Å². The van der Waals surface area contributed by atoms with Crippen LogP contribution in [0.1, 0.15) is 62.2 Å². The van der Waals surface area contributed by atoms with Crippen molar-refractivity contribution < 1.29 is 14.3 Å². The molecule has 1 N–H and O–H groups in total. The number of nitrogens with one attached hydrogen (secondary N) is 1. The van der Waals surface area contributed by atoms with Crippen molar-refractivity contribution in [3.05, 3.63) is 35.9 Å². The third kappa shape index (κ3) is 5.41. The van der Waals surface area contributed by atoms with Crippen LogP contribution < -0.4 is 5.43 Å². The number of esters is 1. The van der Waals surface area contributed by atoms with E-state index in [0.29, 0.717) is 5.56 Å². The summed E-state index contributed by atoms with van der Waals surface area (Å²) in [6.45, 7) is 2.18. The lowest BCUT2D eigenvalue weighted by Gasteiger charge is -2.18. The topological polar surface area (TPSA) is 67.8 Å². The van der Waals surface area contributed by atoms with Gasteiger partial charge in [-0.3, -0.25) is 9.59 Å². The van der Waals surface area contributed by atoms with Crippen molar-refractivity contribution in [3.63, 3.8) is 0 Å². The quantitative estimate of drug-likeness (QED) is 0.441. The van der Waals surface area contributed by atoms with Crippen molar-refractivity contribution in [1.29, 1.82) is 0 Å². The van der Waals surface area contributed by atoms with Crippen molar-refractivity contribution in [1.82, 2.24) is 5.43 Å². The minimum absolute atomic E-state index is 0.0698. The van der Waals surface area contributed by atoms with Gasteiger partial charge in [-0.15, -0.1) is 0 Å². The second kappa shape index (κ2) is 9.97. The number of methoxy groups -OCH3 is 1. The first-order chi connectivity index (χ1) is 12.2. The summed E-state index contributed by atoms with van der Waals surface area (Å²) in [7, 11) is 1.43. The molecule has 0 aromatic heterocycles. The first-order valence-corrected chi connectivity index (χ1v) is 9.17. The van der Waals surface area contributed by atoms with Gasteiger partial charge in [0.25, 0.3) is 5.91 Å². The molecule has 0 bridgehead atoms. The van der Waals surface area contributed by atoms with E-state index in [2.05, 4.69) is 17.5 Å². The summed E-state index contributed by atoms with van der Waals surface area (Å²) < 4.78 is 4.95. The van der Waals surface area contributed by atoms with Crippen LogP contribution in [0.3, 0.4) is 0 Å². The largest absolute Gasteiger partial charge is 0.469 e. The number of hydrazone groups is 1.